The molecule has 0 aliphatic carbocycles. The van der Waals surface area contributed by atoms with Crippen LogP contribution in [0.25, 0.3) is 5.69 Å². The van der Waals surface area contributed by atoms with Gasteiger partial charge < -0.3 is 10.0 Å². The number of nitrogens with zero attached hydrogens (tertiary/aromatic N) is 3. The first-order valence-electron chi connectivity index (χ1n) is 7.51. The third-order valence-electron chi connectivity index (χ3n) is 4.26. The molecule has 0 spiro atoms. The van der Waals surface area contributed by atoms with Gasteiger partial charge in [-0.05, 0) is 31.2 Å². The van der Waals surface area contributed by atoms with Crippen molar-refractivity contribution in [3.05, 3.63) is 46.7 Å². The van der Waals surface area contributed by atoms with Crippen LogP contribution in [0.5, 0.6) is 0 Å². The van der Waals surface area contributed by atoms with E-state index in [9.17, 15) is 23.1 Å². The second-order valence-electron chi connectivity index (χ2n) is 6.05. The summed E-state index contributed by atoms with van der Waals surface area (Å²) in [6.45, 7) is 0.507. The van der Waals surface area contributed by atoms with Crippen molar-refractivity contribution in [1.29, 1.82) is 0 Å². The third kappa shape index (κ3) is 3.11. The largest absolute Gasteiger partial charge is 0.426 e. The Labute approximate surface area is 146 Å². The second kappa shape index (κ2) is 6.03. The van der Waals surface area contributed by atoms with Crippen molar-refractivity contribution in [2.45, 2.75) is 31.7 Å². The fraction of sp³-hybridized carbons (Fsp3) is 0.375. The SMILES string of the molecule is CC(O)(C(=O)N1CCc2c(cnn2-c2ccc(Cl)cc2)C1)C(F)(F)F. The highest BCUT2D eigenvalue weighted by atomic mass is 35.5. The molecule has 25 heavy (non-hydrogen) atoms. The Balaban J connectivity index is 1.84. The van der Waals surface area contributed by atoms with Crippen LogP contribution in [-0.4, -0.2) is 44.0 Å². The molecule has 1 aliphatic rings. The zero-order chi connectivity index (χ0) is 18.4. The molecular weight excluding hydrogens is 359 g/mol. The summed E-state index contributed by atoms with van der Waals surface area (Å²) in [7, 11) is 0. The molecule has 0 fully saturated rings. The van der Waals surface area contributed by atoms with E-state index in [0.29, 0.717) is 23.9 Å². The van der Waals surface area contributed by atoms with E-state index in [1.54, 1.807) is 28.9 Å². The van der Waals surface area contributed by atoms with E-state index in [1.807, 2.05) is 0 Å². The maximum atomic E-state index is 12.9. The average Bonchev–Trinajstić information content (AvgIpc) is 2.97. The lowest BCUT2D eigenvalue weighted by Crippen LogP contribution is -2.56. The molecule has 1 atom stereocenters. The Hall–Kier alpha value is -2.06. The van der Waals surface area contributed by atoms with Crippen LogP contribution in [0.3, 0.4) is 0 Å². The molecule has 1 N–H and O–H groups in total. The Kier molecular flexibility index (Phi) is 4.28. The minimum absolute atomic E-state index is 0.0337. The van der Waals surface area contributed by atoms with Gasteiger partial charge in [0.05, 0.1) is 17.6 Å². The van der Waals surface area contributed by atoms with Gasteiger partial charge in [0.1, 0.15) is 0 Å². The third-order valence-corrected chi connectivity index (χ3v) is 4.51. The zero-order valence-corrected chi connectivity index (χ0v) is 14.0. The molecule has 0 saturated heterocycles. The number of benzene rings is 1. The number of aliphatic hydroxyl groups is 1. The van der Waals surface area contributed by atoms with Crippen LogP contribution in [0.4, 0.5) is 13.2 Å². The van der Waals surface area contributed by atoms with E-state index in [2.05, 4.69) is 5.10 Å². The lowest BCUT2D eigenvalue weighted by atomic mass is 10.0. The van der Waals surface area contributed by atoms with Crippen molar-refractivity contribution in [1.82, 2.24) is 14.7 Å². The van der Waals surface area contributed by atoms with Crippen LogP contribution in [-0.2, 0) is 17.8 Å². The average molecular weight is 374 g/mol. The highest BCUT2D eigenvalue weighted by Gasteiger charge is 2.57. The summed E-state index contributed by atoms with van der Waals surface area (Å²) >= 11 is 5.86. The summed E-state index contributed by atoms with van der Waals surface area (Å²) in [5.41, 5.74) is -1.17. The zero-order valence-electron chi connectivity index (χ0n) is 13.2. The first-order chi connectivity index (χ1) is 11.6. The van der Waals surface area contributed by atoms with E-state index < -0.39 is 17.7 Å². The number of rotatable bonds is 2. The van der Waals surface area contributed by atoms with Gasteiger partial charge in [-0.2, -0.15) is 18.3 Å². The molecule has 1 aromatic heterocycles. The van der Waals surface area contributed by atoms with Gasteiger partial charge in [-0.1, -0.05) is 11.6 Å². The van der Waals surface area contributed by atoms with Crippen molar-refractivity contribution < 1.29 is 23.1 Å². The fourth-order valence-corrected chi connectivity index (χ4v) is 2.87. The van der Waals surface area contributed by atoms with Crippen molar-refractivity contribution >= 4 is 17.5 Å². The summed E-state index contributed by atoms with van der Waals surface area (Å²) in [5.74, 6) is -1.36. The maximum Gasteiger partial charge on any atom is 0.426 e. The standard InChI is InChI=1S/C16H15ClF3N3O2/c1-15(25,16(18,19)20)14(24)22-7-6-13-10(9-22)8-21-23(13)12-4-2-11(17)3-5-12/h2-5,8,25H,6-7,9H2,1H3. The number of alkyl halides is 3. The summed E-state index contributed by atoms with van der Waals surface area (Å²) in [5, 5.41) is 14.4. The summed E-state index contributed by atoms with van der Waals surface area (Å²) in [4.78, 5) is 13.1. The van der Waals surface area contributed by atoms with Crippen LogP contribution in [0, 0.1) is 0 Å². The topological polar surface area (TPSA) is 58.4 Å². The molecule has 1 aromatic carbocycles. The molecule has 0 saturated carbocycles. The van der Waals surface area contributed by atoms with Crippen LogP contribution in [0.15, 0.2) is 30.5 Å². The molecular formula is C16H15ClF3N3O2. The number of hydrogen-bond donors (Lipinski definition) is 1. The van der Waals surface area contributed by atoms with Gasteiger partial charge in [-0.3, -0.25) is 4.79 Å². The molecule has 1 unspecified atom stereocenters. The smallest absolute Gasteiger partial charge is 0.373 e. The van der Waals surface area contributed by atoms with E-state index in [-0.39, 0.29) is 13.1 Å². The minimum Gasteiger partial charge on any atom is -0.373 e. The van der Waals surface area contributed by atoms with E-state index in [4.69, 9.17) is 11.6 Å². The minimum atomic E-state index is -5.03. The van der Waals surface area contributed by atoms with Gasteiger partial charge in [0.15, 0.2) is 0 Å². The first-order valence-corrected chi connectivity index (χ1v) is 7.89. The van der Waals surface area contributed by atoms with E-state index in [1.165, 1.54) is 6.20 Å². The van der Waals surface area contributed by atoms with E-state index in [0.717, 1.165) is 16.3 Å². The van der Waals surface area contributed by atoms with Gasteiger partial charge in [0.2, 0.25) is 5.60 Å². The highest BCUT2D eigenvalue weighted by Crippen LogP contribution is 2.33. The number of aromatic nitrogens is 2. The van der Waals surface area contributed by atoms with E-state index >= 15 is 0 Å². The molecule has 2 aromatic rings. The predicted octanol–water partition coefficient (Wildman–Crippen LogP) is 2.72. The maximum absolute atomic E-state index is 12.9. The first kappa shape index (κ1) is 17.8. The van der Waals surface area contributed by atoms with Crippen LogP contribution in [0.1, 0.15) is 18.2 Å². The lowest BCUT2D eigenvalue weighted by molar-refractivity contribution is -0.250. The molecule has 1 amide bonds. The molecule has 3 rings (SSSR count). The van der Waals surface area contributed by atoms with Crippen molar-refractivity contribution in [2.75, 3.05) is 6.54 Å². The molecule has 9 heteroatoms. The normalized spacial score (nSPS) is 17.1. The Morgan fingerprint density at radius 1 is 1.28 bits per heavy atom. The summed E-state index contributed by atoms with van der Waals surface area (Å²) < 4.78 is 40.3. The fourth-order valence-electron chi connectivity index (χ4n) is 2.74. The highest BCUT2D eigenvalue weighted by molar-refractivity contribution is 6.30. The van der Waals surface area contributed by atoms with Crippen LogP contribution in [0.2, 0.25) is 5.02 Å². The summed E-state index contributed by atoms with van der Waals surface area (Å²) in [6, 6.07) is 6.98. The van der Waals surface area contributed by atoms with Gasteiger partial charge in [-0.15, -0.1) is 0 Å². The van der Waals surface area contributed by atoms with Gasteiger partial charge in [-0.25, -0.2) is 4.68 Å². The van der Waals surface area contributed by atoms with Crippen molar-refractivity contribution in [3.8, 4) is 5.69 Å². The molecule has 134 valence electrons. The Morgan fingerprint density at radius 3 is 2.52 bits per heavy atom. The number of hydrogen-bond acceptors (Lipinski definition) is 3. The molecule has 5 nitrogen and oxygen atoms in total. The molecule has 1 aliphatic heterocycles. The quantitative estimate of drug-likeness (QED) is 0.880. The predicted molar refractivity (Wildman–Crippen MR) is 84.4 cm³/mol. The van der Waals surface area contributed by atoms with Crippen LogP contribution >= 0.6 is 11.6 Å². The van der Waals surface area contributed by atoms with Crippen molar-refractivity contribution in [2.24, 2.45) is 0 Å². The molecule has 2 heterocycles. The molecule has 0 bridgehead atoms. The van der Waals surface area contributed by atoms with Gasteiger partial charge in [0, 0.05) is 30.1 Å². The number of fused-ring (bicyclic) bond motifs is 1. The van der Waals surface area contributed by atoms with Crippen molar-refractivity contribution in [3.63, 3.8) is 0 Å². The van der Waals surface area contributed by atoms with Gasteiger partial charge >= 0.3 is 6.18 Å². The lowest BCUT2D eigenvalue weighted by Gasteiger charge is -2.34. The molecule has 0 radical (unpaired) electrons. The van der Waals surface area contributed by atoms with Gasteiger partial charge in [0.25, 0.3) is 5.91 Å². The van der Waals surface area contributed by atoms with Crippen LogP contribution < -0.4 is 0 Å². The number of amides is 1. The Bertz CT molecular complexity index is 800. The monoisotopic (exact) mass is 373 g/mol. The Morgan fingerprint density at radius 2 is 1.92 bits per heavy atom. The number of carbonyl (C=O) groups is 1. The summed E-state index contributed by atoms with van der Waals surface area (Å²) in [6.07, 6.45) is -3.18. The number of carbonyl (C=O) groups excluding carboxylic acids is 1. The number of halogens is 4. The second-order valence-corrected chi connectivity index (χ2v) is 6.49.